The molecule has 0 unspecified atom stereocenters. The lowest BCUT2D eigenvalue weighted by molar-refractivity contribution is 0.0501. The average molecular weight is 473 g/mol. The van der Waals surface area contributed by atoms with Crippen LogP contribution in [0.1, 0.15) is 79.1 Å². The van der Waals surface area contributed by atoms with E-state index < -0.39 is 17.8 Å². The Balaban J connectivity index is 0.000000271. The molecule has 1 heterocycles. The lowest BCUT2D eigenvalue weighted by Crippen LogP contribution is -2.47. The third-order valence-corrected chi connectivity index (χ3v) is 6.66. The molecule has 1 fully saturated rings. The Bertz CT molecular complexity index is 1260. The first kappa shape index (κ1) is 24.3. The second-order valence-corrected chi connectivity index (χ2v) is 8.83. The molecule has 0 atom stereocenters. The fourth-order valence-corrected chi connectivity index (χ4v) is 4.99. The summed E-state index contributed by atoms with van der Waals surface area (Å²) in [6, 6.07) is 15.9. The number of carbonyl (C=O) groups excluding carboxylic acids is 3. The van der Waals surface area contributed by atoms with Gasteiger partial charge in [0.1, 0.15) is 0 Å². The number of nitrogens with zero attached hydrogens (tertiary/aromatic N) is 1. The number of amides is 2. The summed E-state index contributed by atoms with van der Waals surface area (Å²) in [7, 11) is 0. The summed E-state index contributed by atoms with van der Waals surface area (Å²) in [6.07, 6.45) is 6.17. The summed E-state index contributed by atoms with van der Waals surface area (Å²) in [5, 5.41) is 9.90. The third kappa shape index (κ3) is 4.72. The van der Waals surface area contributed by atoms with Gasteiger partial charge in [0.15, 0.2) is 6.29 Å². The van der Waals surface area contributed by atoms with Gasteiger partial charge in [-0.25, -0.2) is 4.79 Å². The fourth-order valence-electron chi connectivity index (χ4n) is 4.99. The van der Waals surface area contributed by atoms with E-state index in [1.807, 2.05) is 18.2 Å². The minimum atomic E-state index is -1.20. The second kappa shape index (κ2) is 10.6. The second-order valence-electron chi connectivity index (χ2n) is 8.83. The number of carboxylic acids is 1. The molecule has 7 nitrogen and oxygen atoms in total. The summed E-state index contributed by atoms with van der Waals surface area (Å²) < 4.78 is 0. The minimum absolute atomic E-state index is 0.0839. The Morgan fingerprint density at radius 3 is 2.11 bits per heavy atom. The van der Waals surface area contributed by atoms with Crippen LogP contribution >= 0.6 is 0 Å². The molecule has 0 aromatic heterocycles. The predicted octanol–water partition coefficient (Wildman–Crippen LogP) is 4.47. The van der Waals surface area contributed by atoms with Crippen LogP contribution in [0.25, 0.3) is 10.8 Å². The summed E-state index contributed by atoms with van der Waals surface area (Å²) in [5.74, 6) is -2.01. The third-order valence-electron chi connectivity index (χ3n) is 6.66. The number of aldehydes is 1. The van der Waals surface area contributed by atoms with Crippen LogP contribution in [0, 0.1) is 0 Å². The zero-order valence-corrected chi connectivity index (χ0v) is 19.4. The Kier molecular flexibility index (Phi) is 7.36. The molecule has 0 spiro atoms. The molecule has 2 amide bonds. The topological polar surface area (TPSA) is 118 Å². The van der Waals surface area contributed by atoms with Crippen molar-refractivity contribution in [2.45, 2.75) is 44.6 Å². The standard InChI is InChI=1S/C20H17NO5.C8H11N/c22-10-11-6-7-13-17-14(8-9-15(16(11)17)20(25)26)19(24)21(18(13)23)12-4-2-1-3-5-12;9-7-6-8-4-2-1-3-5-8/h6-10,12H,1-5H2,(H,25,26);1-5H,6-7,9H2. The smallest absolute Gasteiger partial charge is 0.336 e. The van der Waals surface area contributed by atoms with Crippen LogP contribution in [0.2, 0.25) is 0 Å². The van der Waals surface area contributed by atoms with Crippen molar-refractivity contribution in [3.63, 3.8) is 0 Å². The zero-order chi connectivity index (χ0) is 24.9. The molecule has 0 radical (unpaired) electrons. The number of benzene rings is 3. The molecule has 0 bridgehead atoms. The highest BCUT2D eigenvalue weighted by atomic mass is 16.4. The van der Waals surface area contributed by atoms with Crippen LogP contribution in [0.5, 0.6) is 0 Å². The maximum Gasteiger partial charge on any atom is 0.336 e. The van der Waals surface area contributed by atoms with E-state index >= 15 is 0 Å². The van der Waals surface area contributed by atoms with E-state index in [9.17, 15) is 24.3 Å². The van der Waals surface area contributed by atoms with Gasteiger partial charge in [0.05, 0.1) is 5.56 Å². The molecule has 2 aliphatic rings. The van der Waals surface area contributed by atoms with Crippen molar-refractivity contribution in [1.82, 2.24) is 4.90 Å². The average Bonchev–Trinajstić information content (AvgIpc) is 2.88. The molecule has 180 valence electrons. The van der Waals surface area contributed by atoms with Crippen molar-refractivity contribution in [3.05, 3.63) is 82.4 Å². The number of hydrogen-bond acceptors (Lipinski definition) is 5. The lowest BCUT2D eigenvalue weighted by atomic mass is 9.86. The lowest BCUT2D eigenvalue weighted by Gasteiger charge is -2.36. The Morgan fingerprint density at radius 2 is 1.54 bits per heavy atom. The molecule has 35 heavy (non-hydrogen) atoms. The van der Waals surface area contributed by atoms with Crippen LogP contribution in [0.3, 0.4) is 0 Å². The quantitative estimate of drug-likeness (QED) is 0.418. The van der Waals surface area contributed by atoms with E-state index in [4.69, 9.17) is 5.73 Å². The van der Waals surface area contributed by atoms with E-state index in [2.05, 4.69) is 12.1 Å². The van der Waals surface area contributed by atoms with Gasteiger partial charge in [0.2, 0.25) is 0 Å². The molecule has 3 aromatic carbocycles. The summed E-state index contributed by atoms with van der Waals surface area (Å²) in [4.78, 5) is 50.5. The van der Waals surface area contributed by atoms with E-state index in [0.29, 0.717) is 6.29 Å². The monoisotopic (exact) mass is 472 g/mol. The van der Waals surface area contributed by atoms with Gasteiger partial charge >= 0.3 is 5.97 Å². The molecule has 1 aliphatic carbocycles. The van der Waals surface area contributed by atoms with Crippen LogP contribution in [-0.2, 0) is 6.42 Å². The largest absolute Gasteiger partial charge is 0.478 e. The highest BCUT2D eigenvalue weighted by Gasteiger charge is 2.38. The highest BCUT2D eigenvalue weighted by molar-refractivity contribution is 6.29. The molecule has 5 rings (SSSR count). The van der Waals surface area contributed by atoms with Gasteiger partial charge in [-0.15, -0.1) is 0 Å². The first-order chi connectivity index (χ1) is 17.0. The molecule has 0 saturated heterocycles. The number of aromatic carboxylic acids is 1. The molecule has 7 heteroatoms. The van der Waals surface area contributed by atoms with Crippen LogP contribution in [-0.4, -0.2) is 46.7 Å². The Morgan fingerprint density at radius 1 is 0.914 bits per heavy atom. The Labute approximate surface area is 203 Å². The fraction of sp³-hybridized carbons (Fsp3) is 0.286. The van der Waals surface area contributed by atoms with Crippen molar-refractivity contribution in [1.29, 1.82) is 0 Å². The van der Waals surface area contributed by atoms with Gasteiger partial charge in [-0.2, -0.15) is 0 Å². The van der Waals surface area contributed by atoms with E-state index in [1.54, 1.807) is 0 Å². The number of carboxylic acid groups (broad SMARTS) is 1. The van der Waals surface area contributed by atoms with Crippen LogP contribution in [0.4, 0.5) is 0 Å². The first-order valence-corrected chi connectivity index (χ1v) is 11.9. The summed E-state index contributed by atoms with van der Waals surface area (Å²) in [5.41, 5.74) is 7.33. The number of carbonyl (C=O) groups is 4. The normalized spacial score (nSPS) is 15.5. The summed E-state index contributed by atoms with van der Waals surface area (Å²) in [6.45, 7) is 0.740. The maximum atomic E-state index is 13.1. The first-order valence-electron chi connectivity index (χ1n) is 11.9. The SMILES string of the molecule is NCCc1ccccc1.O=Cc1ccc2c3c(ccc(C(=O)O)c13)C(=O)N(C1CCCCC1)C2=O. The van der Waals surface area contributed by atoms with Crippen LogP contribution < -0.4 is 5.73 Å². The van der Waals surface area contributed by atoms with E-state index in [1.165, 1.54) is 34.7 Å². The minimum Gasteiger partial charge on any atom is -0.478 e. The van der Waals surface area contributed by atoms with Gasteiger partial charge < -0.3 is 10.8 Å². The molecule has 3 N–H and O–H groups in total. The molecule has 1 aliphatic heterocycles. The van der Waals surface area contributed by atoms with Gasteiger partial charge in [-0.1, -0.05) is 55.7 Å². The number of nitrogens with two attached hydrogens (primary N) is 1. The van der Waals surface area contributed by atoms with E-state index in [0.717, 1.165) is 45.1 Å². The van der Waals surface area contributed by atoms with Crippen molar-refractivity contribution in [2.24, 2.45) is 5.73 Å². The van der Waals surface area contributed by atoms with Gasteiger partial charge in [-0.05, 0) is 49.6 Å². The highest BCUT2D eigenvalue weighted by Crippen LogP contribution is 2.36. The molecule has 3 aromatic rings. The van der Waals surface area contributed by atoms with Crippen molar-refractivity contribution >= 4 is 34.8 Å². The van der Waals surface area contributed by atoms with Gasteiger partial charge in [-0.3, -0.25) is 19.3 Å². The molecule has 1 saturated carbocycles. The molecular formula is C28H28N2O5. The number of hydrogen-bond donors (Lipinski definition) is 2. The van der Waals surface area contributed by atoms with Crippen LogP contribution in [0.15, 0.2) is 54.6 Å². The number of rotatable bonds is 5. The zero-order valence-electron chi connectivity index (χ0n) is 19.4. The Hall–Kier alpha value is -3.84. The van der Waals surface area contributed by atoms with Gasteiger partial charge in [0.25, 0.3) is 11.8 Å². The van der Waals surface area contributed by atoms with Crippen molar-refractivity contribution in [2.75, 3.05) is 6.54 Å². The number of imide groups is 1. The van der Waals surface area contributed by atoms with Gasteiger partial charge in [0, 0.05) is 33.5 Å². The van der Waals surface area contributed by atoms with Crippen molar-refractivity contribution in [3.8, 4) is 0 Å². The predicted molar refractivity (Wildman–Crippen MR) is 133 cm³/mol. The molecular weight excluding hydrogens is 444 g/mol. The maximum absolute atomic E-state index is 13.1. The summed E-state index contributed by atoms with van der Waals surface area (Å²) >= 11 is 0. The van der Waals surface area contributed by atoms with Crippen molar-refractivity contribution < 1.29 is 24.3 Å². The van der Waals surface area contributed by atoms with E-state index in [-0.39, 0.29) is 39.1 Å².